The van der Waals surface area contributed by atoms with Crippen molar-refractivity contribution < 1.29 is 0 Å². The van der Waals surface area contributed by atoms with E-state index in [1.165, 1.54) is 16.2 Å². The predicted octanol–water partition coefficient (Wildman–Crippen LogP) is 4.12. The third kappa shape index (κ3) is 4.11. The van der Waals surface area contributed by atoms with Gasteiger partial charge in [-0.3, -0.25) is 0 Å². The lowest BCUT2D eigenvalue weighted by atomic mass is 9.76. The lowest BCUT2D eigenvalue weighted by molar-refractivity contribution is 0.210. The molecule has 0 aliphatic rings. The van der Waals surface area contributed by atoms with Gasteiger partial charge in [0.15, 0.2) is 0 Å². The van der Waals surface area contributed by atoms with Crippen molar-refractivity contribution in [1.29, 1.82) is 0 Å². The molecular formula is C15H27NS. The number of hydrogen-bond donors (Lipinski definition) is 1. The highest BCUT2D eigenvalue weighted by Crippen LogP contribution is 2.33. The normalized spacial score (nSPS) is 15.2. The van der Waals surface area contributed by atoms with Gasteiger partial charge in [-0.15, -0.1) is 11.3 Å². The van der Waals surface area contributed by atoms with Gasteiger partial charge in [-0.2, -0.15) is 0 Å². The van der Waals surface area contributed by atoms with Gasteiger partial charge in [0.2, 0.25) is 0 Å². The molecule has 1 heterocycles. The molecule has 0 saturated heterocycles. The van der Waals surface area contributed by atoms with E-state index in [0.29, 0.717) is 11.3 Å². The van der Waals surface area contributed by atoms with Gasteiger partial charge in [0, 0.05) is 16.3 Å². The Kier molecular flexibility index (Phi) is 5.68. The molecule has 98 valence electrons. The zero-order valence-electron chi connectivity index (χ0n) is 12.0. The second kappa shape index (κ2) is 6.55. The third-order valence-corrected chi connectivity index (χ3v) is 5.05. The average Bonchev–Trinajstić information content (AvgIpc) is 2.73. The fraction of sp³-hybridized carbons (Fsp3) is 0.733. The van der Waals surface area contributed by atoms with Crippen molar-refractivity contribution in [3.63, 3.8) is 0 Å². The van der Waals surface area contributed by atoms with Crippen molar-refractivity contribution in [3.05, 3.63) is 21.9 Å². The lowest BCUT2D eigenvalue weighted by Crippen LogP contribution is -2.37. The zero-order chi connectivity index (χ0) is 12.9. The molecule has 1 aromatic heterocycles. The summed E-state index contributed by atoms with van der Waals surface area (Å²) in [5.74, 6) is 0.703. The van der Waals surface area contributed by atoms with Gasteiger partial charge in [0.05, 0.1) is 0 Å². The van der Waals surface area contributed by atoms with E-state index in [1.54, 1.807) is 0 Å². The van der Waals surface area contributed by atoms with E-state index in [4.69, 9.17) is 0 Å². The maximum absolute atomic E-state index is 3.52. The summed E-state index contributed by atoms with van der Waals surface area (Å²) < 4.78 is 0. The highest BCUT2D eigenvalue weighted by atomic mass is 32.1. The fourth-order valence-corrected chi connectivity index (χ4v) is 3.14. The largest absolute Gasteiger partial charge is 0.316 e. The second-order valence-corrected chi connectivity index (χ2v) is 6.74. The first-order chi connectivity index (χ1) is 8.01. The Labute approximate surface area is 111 Å². The van der Waals surface area contributed by atoms with Crippen LogP contribution < -0.4 is 5.32 Å². The molecule has 1 atom stereocenters. The third-order valence-electron chi connectivity index (χ3n) is 3.82. The van der Waals surface area contributed by atoms with E-state index in [9.17, 15) is 0 Å². The number of rotatable bonds is 7. The standard InChI is InChI=1S/C15H27NS/c1-6-13-8-9-14(17-13)10-15(5,12(3)4)11-16-7-2/h8-9,12,16H,6-7,10-11H2,1-5H3. The molecule has 0 amide bonds. The maximum atomic E-state index is 3.52. The Morgan fingerprint density at radius 1 is 1.24 bits per heavy atom. The first kappa shape index (κ1) is 14.7. The minimum atomic E-state index is 0.367. The summed E-state index contributed by atoms with van der Waals surface area (Å²) in [4.78, 5) is 3.05. The van der Waals surface area contributed by atoms with Crippen molar-refractivity contribution >= 4 is 11.3 Å². The van der Waals surface area contributed by atoms with Crippen LogP contribution in [0, 0.1) is 11.3 Å². The van der Waals surface area contributed by atoms with Crippen molar-refractivity contribution in [2.75, 3.05) is 13.1 Å². The molecule has 1 N–H and O–H groups in total. The van der Waals surface area contributed by atoms with Gasteiger partial charge in [-0.05, 0) is 42.9 Å². The van der Waals surface area contributed by atoms with Crippen LogP contribution in [0.1, 0.15) is 44.4 Å². The zero-order valence-corrected chi connectivity index (χ0v) is 12.8. The number of thiophene rings is 1. The molecule has 0 aliphatic carbocycles. The van der Waals surface area contributed by atoms with Crippen molar-refractivity contribution in [2.45, 2.75) is 47.5 Å². The Morgan fingerprint density at radius 2 is 1.88 bits per heavy atom. The van der Waals surface area contributed by atoms with E-state index < -0.39 is 0 Å². The Hall–Kier alpha value is -0.340. The minimum Gasteiger partial charge on any atom is -0.316 e. The number of hydrogen-bond acceptors (Lipinski definition) is 2. The Balaban J connectivity index is 2.71. The monoisotopic (exact) mass is 253 g/mol. The molecule has 0 aromatic carbocycles. The molecular weight excluding hydrogens is 226 g/mol. The Morgan fingerprint density at radius 3 is 2.35 bits per heavy atom. The summed E-state index contributed by atoms with van der Waals surface area (Å²) in [6.45, 7) is 13.7. The highest BCUT2D eigenvalue weighted by Gasteiger charge is 2.28. The highest BCUT2D eigenvalue weighted by molar-refractivity contribution is 7.11. The molecule has 0 spiro atoms. The second-order valence-electron chi connectivity index (χ2n) is 5.49. The van der Waals surface area contributed by atoms with E-state index >= 15 is 0 Å². The van der Waals surface area contributed by atoms with E-state index in [-0.39, 0.29) is 0 Å². The molecule has 0 radical (unpaired) electrons. The first-order valence-corrected chi connectivity index (χ1v) is 7.61. The lowest BCUT2D eigenvalue weighted by Gasteiger charge is -2.34. The first-order valence-electron chi connectivity index (χ1n) is 6.80. The average molecular weight is 253 g/mol. The summed E-state index contributed by atoms with van der Waals surface area (Å²) in [7, 11) is 0. The molecule has 17 heavy (non-hydrogen) atoms. The molecule has 0 bridgehead atoms. The summed E-state index contributed by atoms with van der Waals surface area (Å²) in [6.07, 6.45) is 2.36. The minimum absolute atomic E-state index is 0.367. The molecule has 1 unspecified atom stereocenters. The van der Waals surface area contributed by atoms with Crippen LogP contribution in [-0.2, 0) is 12.8 Å². The van der Waals surface area contributed by atoms with Gasteiger partial charge >= 0.3 is 0 Å². The van der Waals surface area contributed by atoms with Crippen LogP contribution >= 0.6 is 11.3 Å². The van der Waals surface area contributed by atoms with E-state index in [0.717, 1.165) is 19.5 Å². The SMILES string of the molecule is CCNCC(C)(Cc1ccc(CC)s1)C(C)C. The molecule has 1 nitrogen and oxygen atoms in total. The van der Waals surface area contributed by atoms with Crippen molar-refractivity contribution in [1.82, 2.24) is 5.32 Å². The van der Waals surface area contributed by atoms with Gasteiger partial charge in [0.1, 0.15) is 0 Å². The van der Waals surface area contributed by atoms with E-state index in [1.807, 2.05) is 11.3 Å². The van der Waals surface area contributed by atoms with Crippen LogP contribution in [0.4, 0.5) is 0 Å². The van der Waals surface area contributed by atoms with Gasteiger partial charge in [-0.1, -0.05) is 34.6 Å². The van der Waals surface area contributed by atoms with Gasteiger partial charge in [0.25, 0.3) is 0 Å². The van der Waals surface area contributed by atoms with Crippen LogP contribution in [0.3, 0.4) is 0 Å². The number of nitrogens with one attached hydrogen (secondary N) is 1. The number of aryl methyl sites for hydroxylation is 1. The van der Waals surface area contributed by atoms with E-state index in [2.05, 4.69) is 52.1 Å². The molecule has 2 heteroatoms. The summed E-state index contributed by atoms with van der Waals surface area (Å²) in [5, 5.41) is 3.52. The van der Waals surface area contributed by atoms with Gasteiger partial charge < -0.3 is 5.32 Å². The van der Waals surface area contributed by atoms with Crippen LogP contribution in [-0.4, -0.2) is 13.1 Å². The summed E-state index contributed by atoms with van der Waals surface area (Å²) >= 11 is 1.98. The maximum Gasteiger partial charge on any atom is 0.00541 e. The quantitative estimate of drug-likeness (QED) is 0.770. The van der Waals surface area contributed by atoms with Crippen LogP contribution in [0.2, 0.25) is 0 Å². The molecule has 0 saturated carbocycles. The molecule has 0 aliphatic heterocycles. The van der Waals surface area contributed by atoms with Crippen molar-refractivity contribution in [3.8, 4) is 0 Å². The molecule has 1 aromatic rings. The van der Waals surface area contributed by atoms with Crippen LogP contribution in [0.15, 0.2) is 12.1 Å². The summed E-state index contributed by atoms with van der Waals surface area (Å²) in [5.41, 5.74) is 0.367. The van der Waals surface area contributed by atoms with Crippen molar-refractivity contribution in [2.24, 2.45) is 11.3 Å². The smallest absolute Gasteiger partial charge is 0.00541 e. The van der Waals surface area contributed by atoms with Crippen LogP contribution in [0.5, 0.6) is 0 Å². The fourth-order valence-electron chi connectivity index (χ4n) is 1.99. The summed E-state index contributed by atoms with van der Waals surface area (Å²) in [6, 6.07) is 4.60. The molecule has 1 rings (SSSR count). The molecule has 0 fully saturated rings. The topological polar surface area (TPSA) is 12.0 Å². The van der Waals surface area contributed by atoms with Crippen LogP contribution in [0.25, 0.3) is 0 Å². The Bertz CT molecular complexity index is 329. The predicted molar refractivity (Wildman–Crippen MR) is 78.9 cm³/mol. The van der Waals surface area contributed by atoms with Gasteiger partial charge in [-0.25, -0.2) is 0 Å².